The van der Waals surface area contributed by atoms with Crippen LogP contribution in [0.4, 0.5) is 11.5 Å². The topological polar surface area (TPSA) is 93.4 Å². The van der Waals surface area contributed by atoms with Crippen molar-refractivity contribution in [2.45, 2.75) is 13.8 Å². The summed E-state index contributed by atoms with van der Waals surface area (Å²) in [6.07, 6.45) is 0. The molecule has 0 fully saturated rings. The molecule has 0 aliphatic heterocycles. The standard InChI is InChI=1S/C12H14N4O3S/c1-3-20(18,19)15-12-11(14-17)9(2)13-16(12)10-7-5-4-6-8-10/h4-8,15H,3H2,1-2H3. The lowest BCUT2D eigenvalue weighted by atomic mass is 10.3. The number of para-hydroxylation sites is 1. The summed E-state index contributed by atoms with van der Waals surface area (Å²) in [6, 6.07) is 8.92. The van der Waals surface area contributed by atoms with Crippen molar-refractivity contribution in [2.75, 3.05) is 10.5 Å². The molecule has 0 spiro atoms. The zero-order chi connectivity index (χ0) is 14.8. The van der Waals surface area contributed by atoms with E-state index in [1.807, 2.05) is 6.07 Å². The monoisotopic (exact) mass is 294 g/mol. The van der Waals surface area contributed by atoms with Crippen molar-refractivity contribution in [2.24, 2.45) is 5.18 Å². The minimum atomic E-state index is -3.53. The van der Waals surface area contributed by atoms with Crippen molar-refractivity contribution in [3.63, 3.8) is 0 Å². The van der Waals surface area contributed by atoms with Gasteiger partial charge in [0.1, 0.15) is 0 Å². The molecule has 8 heteroatoms. The molecule has 2 aromatic rings. The Morgan fingerprint density at radius 1 is 1.30 bits per heavy atom. The quantitative estimate of drug-likeness (QED) is 0.856. The predicted molar refractivity (Wildman–Crippen MR) is 76.8 cm³/mol. The van der Waals surface area contributed by atoms with E-state index in [1.165, 1.54) is 11.6 Å². The Bertz CT molecular complexity index is 723. The highest BCUT2D eigenvalue weighted by Gasteiger charge is 2.21. The van der Waals surface area contributed by atoms with Crippen LogP contribution in [0.5, 0.6) is 0 Å². The van der Waals surface area contributed by atoms with Gasteiger partial charge in [-0.15, -0.1) is 4.91 Å². The second-order valence-electron chi connectivity index (χ2n) is 4.13. The molecule has 1 heterocycles. The maximum atomic E-state index is 11.7. The molecule has 0 aliphatic rings. The number of aryl methyl sites for hydroxylation is 1. The maximum absolute atomic E-state index is 11.7. The van der Waals surface area contributed by atoms with Crippen LogP contribution in [0.2, 0.25) is 0 Å². The van der Waals surface area contributed by atoms with Gasteiger partial charge in [-0.2, -0.15) is 5.10 Å². The third-order valence-corrected chi connectivity index (χ3v) is 4.02. The van der Waals surface area contributed by atoms with Crippen LogP contribution in [0.15, 0.2) is 35.5 Å². The van der Waals surface area contributed by atoms with Crippen LogP contribution < -0.4 is 4.72 Å². The summed E-state index contributed by atoms with van der Waals surface area (Å²) in [5.74, 6) is -0.0461. The molecule has 0 aliphatic carbocycles. The minimum absolute atomic E-state index is 0.00845. The largest absolute Gasteiger partial charge is 0.265 e. The average Bonchev–Trinajstić information content (AvgIpc) is 2.75. The number of aromatic nitrogens is 2. The molecule has 0 saturated carbocycles. The van der Waals surface area contributed by atoms with Crippen molar-refractivity contribution in [3.05, 3.63) is 40.9 Å². The lowest BCUT2D eigenvalue weighted by molar-refractivity contribution is 0.602. The molecule has 106 valence electrons. The normalized spacial score (nSPS) is 11.3. The Morgan fingerprint density at radius 3 is 2.50 bits per heavy atom. The van der Waals surface area contributed by atoms with Crippen molar-refractivity contribution < 1.29 is 8.42 Å². The third-order valence-electron chi connectivity index (χ3n) is 2.75. The van der Waals surface area contributed by atoms with Gasteiger partial charge in [-0.25, -0.2) is 13.1 Å². The van der Waals surface area contributed by atoms with Gasteiger partial charge in [-0.1, -0.05) is 18.2 Å². The minimum Gasteiger partial charge on any atom is -0.265 e. The van der Waals surface area contributed by atoms with Crippen LogP contribution in [0.25, 0.3) is 5.69 Å². The van der Waals surface area contributed by atoms with Gasteiger partial charge >= 0.3 is 0 Å². The molecule has 1 aromatic heterocycles. The molecule has 0 saturated heterocycles. The van der Waals surface area contributed by atoms with E-state index in [0.717, 1.165) is 0 Å². The molecule has 7 nitrogen and oxygen atoms in total. The summed E-state index contributed by atoms with van der Waals surface area (Å²) in [7, 11) is -3.53. The van der Waals surface area contributed by atoms with Crippen molar-refractivity contribution in [3.8, 4) is 5.69 Å². The maximum Gasteiger partial charge on any atom is 0.233 e. The number of sulfonamides is 1. The van der Waals surface area contributed by atoms with Gasteiger partial charge in [0.15, 0.2) is 11.5 Å². The van der Waals surface area contributed by atoms with E-state index >= 15 is 0 Å². The fourth-order valence-electron chi connectivity index (χ4n) is 1.70. The van der Waals surface area contributed by atoms with Crippen LogP contribution in [0.1, 0.15) is 12.6 Å². The Labute approximate surface area is 116 Å². The number of nitrogens with one attached hydrogen (secondary N) is 1. The first-order valence-electron chi connectivity index (χ1n) is 5.97. The van der Waals surface area contributed by atoms with E-state index in [4.69, 9.17) is 0 Å². The predicted octanol–water partition coefficient (Wildman–Crippen LogP) is 2.34. The summed E-state index contributed by atoms with van der Waals surface area (Å²) in [6.45, 7) is 3.10. The van der Waals surface area contributed by atoms with Crippen LogP contribution in [0.3, 0.4) is 0 Å². The zero-order valence-corrected chi connectivity index (χ0v) is 11.9. The van der Waals surface area contributed by atoms with E-state index in [0.29, 0.717) is 11.4 Å². The molecular weight excluding hydrogens is 280 g/mol. The number of benzene rings is 1. The lowest BCUT2D eigenvalue weighted by Gasteiger charge is -2.09. The van der Waals surface area contributed by atoms with Crippen LogP contribution in [-0.2, 0) is 10.0 Å². The van der Waals surface area contributed by atoms with E-state index in [1.54, 1.807) is 31.2 Å². The fraction of sp³-hybridized carbons (Fsp3) is 0.250. The number of anilines is 1. The van der Waals surface area contributed by atoms with Crippen LogP contribution in [-0.4, -0.2) is 24.0 Å². The summed E-state index contributed by atoms with van der Waals surface area (Å²) in [5.41, 5.74) is 0.989. The molecule has 0 amide bonds. The second kappa shape index (κ2) is 5.41. The Kier molecular flexibility index (Phi) is 3.84. The van der Waals surface area contributed by atoms with E-state index in [9.17, 15) is 13.3 Å². The second-order valence-corrected chi connectivity index (χ2v) is 6.14. The summed E-state index contributed by atoms with van der Waals surface area (Å²) < 4.78 is 27.2. The molecule has 0 unspecified atom stereocenters. The highest BCUT2D eigenvalue weighted by atomic mass is 32.2. The van der Waals surface area contributed by atoms with Gasteiger partial charge in [0.05, 0.1) is 17.1 Å². The van der Waals surface area contributed by atoms with Gasteiger partial charge in [-0.05, 0) is 31.2 Å². The van der Waals surface area contributed by atoms with Gasteiger partial charge in [0.25, 0.3) is 0 Å². The van der Waals surface area contributed by atoms with Gasteiger partial charge in [0.2, 0.25) is 10.0 Å². The van der Waals surface area contributed by atoms with Gasteiger partial charge in [-0.3, -0.25) is 4.72 Å². The Morgan fingerprint density at radius 2 is 1.95 bits per heavy atom. The van der Waals surface area contributed by atoms with E-state index in [2.05, 4.69) is 15.0 Å². The molecular formula is C12H14N4O3S. The fourth-order valence-corrected chi connectivity index (χ4v) is 2.32. The third kappa shape index (κ3) is 2.69. The number of hydrogen-bond acceptors (Lipinski definition) is 5. The number of nitroso groups, excluding NO2 is 1. The molecule has 20 heavy (non-hydrogen) atoms. The molecule has 1 aromatic carbocycles. The van der Waals surface area contributed by atoms with Crippen molar-refractivity contribution >= 4 is 21.5 Å². The van der Waals surface area contributed by atoms with E-state index in [-0.39, 0.29) is 17.3 Å². The first-order chi connectivity index (χ1) is 9.48. The lowest BCUT2D eigenvalue weighted by Crippen LogP contribution is -2.17. The first kappa shape index (κ1) is 14.2. The molecule has 1 N–H and O–H groups in total. The van der Waals surface area contributed by atoms with Gasteiger partial charge < -0.3 is 0 Å². The highest BCUT2D eigenvalue weighted by molar-refractivity contribution is 7.92. The number of hydrogen-bond donors (Lipinski definition) is 1. The number of rotatable bonds is 5. The first-order valence-corrected chi connectivity index (χ1v) is 7.62. The van der Waals surface area contributed by atoms with Crippen molar-refractivity contribution in [1.29, 1.82) is 0 Å². The molecule has 0 radical (unpaired) electrons. The smallest absolute Gasteiger partial charge is 0.233 e. The number of nitrogens with zero attached hydrogens (tertiary/aromatic N) is 3. The Hall–Kier alpha value is -2.22. The SMILES string of the molecule is CCS(=O)(=O)Nc1c(N=O)c(C)nn1-c1ccccc1. The van der Waals surface area contributed by atoms with E-state index < -0.39 is 10.0 Å². The molecule has 0 atom stereocenters. The zero-order valence-electron chi connectivity index (χ0n) is 11.1. The van der Waals surface area contributed by atoms with Crippen molar-refractivity contribution in [1.82, 2.24) is 9.78 Å². The molecule has 2 rings (SSSR count). The van der Waals surface area contributed by atoms with Crippen LogP contribution in [0, 0.1) is 11.8 Å². The van der Waals surface area contributed by atoms with Gasteiger partial charge in [0, 0.05) is 0 Å². The van der Waals surface area contributed by atoms with Crippen LogP contribution >= 0.6 is 0 Å². The summed E-state index contributed by atoms with van der Waals surface area (Å²) in [5, 5.41) is 7.04. The Balaban J connectivity index is 2.61. The molecule has 0 bridgehead atoms. The summed E-state index contributed by atoms with van der Waals surface area (Å²) >= 11 is 0. The highest BCUT2D eigenvalue weighted by Crippen LogP contribution is 2.31. The average molecular weight is 294 g/mol. The summed E-state index contributed by atoms with van der Waals surface area (Å²) in [4.78, 5) is 10.9.